The zero-order valence-corrected chi connectivity index (χ0v) is 14.8. The van der Waals surface area contributed by atoms with E-state index in [0.717, 1.165) is 11.3 Å². The van der Waals surface area contributed by atoms with E-state index >= 15 is 0 Å². The molecular weight excluding hydrogens is 342 g/mol. The van der Waals surface area contributed by atoms with E-state index in [0.29, 0.717) is 0 Å². The van der Waals surface area contributed by atoms with Crippen LogP contribution in [0.3, 0.4) is 0 Å². The van der Waals surface area contributed by atoms with Gasteiger partial charge in [-0.05, 0) is 32.2 Å². The van der Waals surface area contributed by atoms with Gasteiger partial charge in [-0.2, -0.15) is 0 Å². The van der Waals surface area contributed by atoms with Crippen molar-refractivity contribution in [3.8, 4) is 0 Å². The second kappa shape index (κ2) is 8.27. The van der Waals surface area contributed by atoms with Crippen molar-refractivity contribution in [1.29, 1.82) is 0 Å². The molecule has 8 nitrogen and oxygen atoms in total. The van der Waals surface area contributed by atoms with Crippen molar-refractivity contribution in [2.45, 2.75) is 30.6 Å². The molecule has 1 aromatic rings. The molecule has 0 bridgehead atoms. The van der Waals surface area contributed by atoms with E-state index in [1.165, 1.54) is 6.07 Å². The van der Waals surface area contributed by atoms with Crippen LogP contribution in [0.25, 0.3) is 0 Å². The average molecular weight is 363 g/mol. The maximum atomic E-state index is 11.8. The Kier molecular flexibility index (Phi) is 6.98. The van der Waals surface area contributed by atoms with E-state index in [9.17, 15) is 18.0 Å². The average Bonchev–Trinajstić information content (AvgIpc) is 2.94. The second-order valence-corrected chi connectivity index (χ2v) is 8.48. The van der Waals surface area contributed by atoms with Gasteiger partial charge < -0.3 is 15.4 Å². The monoisotopic (exact) mass is 363 g/mol. The number of hydrogen-bond donors (Lipinski definition) is 3. The third-order valence-electron chi connectivity index (χ3n) is 2.29. The molecule has 0 spiro atoms. The van der Waals surface area contributed by atoms with Crippen LogP contribution in [0.4, 0.5) is 4.79 Å². The number of rotatable bonds is 7. The van der Waals surface area contributed by atoms with Gasteiger partial charge in [0.25, 0.3) is 0 Å². The highest BCUT2D eigenvalue weighted by Crippen LogP contribution is 2.14. The summed E-state index contributed by atoms with van der Waals surface area (Å²) >= 11 is 1.11. The van der Waals surface area contributed by atoms with Crippen LogP contribution in [0.5, 0.6) is 0 Å². The number of carbonyl (C=O) groups excluding carboxylic acids is 2. The Balaban J connectivity index is 2.21. The van der Waals surface area contributed by atoms with Gasteiger partial charge in [-0.15, -0.1) is 11.3 Å². The van der Waals surface area contributed by atoms with E-state index in [1.54, 1.807) is 32.2 Å². The highest BCUT2D eigenvalue weighted by Gasteiger charge is 2.17. The van der Waals surface area contributed by atoms with Gasteiger partial charge in [-0.25, -0.2) is 17.9 Å². The second-order valence-electron chi connectivity index (χ2n) is 5.54. The zero-order chi connectivity index (χ0) is 17.5. The fraction of sp³-hybridized carbons (Fsp3) is 0.538. The van der Waals surface area contributed by atoms with Crippen LogP contribution in [0, 0.1) is 0 Å². The smallest absolute Gasteiger partial charge is 0.408 e. The molecule has 1 aromatic heterocycles. The number of sulfonamides is 1. The normalized spacial score (nSPS) is 11.8. The summed E-state index contributed by atoms with van der Waals surface area (Å²) in [6.45, 7) is 5.06. The largest absolute Gasteiger partial charge is 0.444 e. The highest BCUT2D eigenvalue weighted by atomic mass is 32.2. The highest BCUT2D eigenvalue weighted by molar-refractivity contribution is 7.91. The van der Waals surface area contributed by atoms with Crippen molar-refractivity contribution in [3.05, 3.63) is 17.5 Å². The molecule has 0 atom stereocenters. The molecule has 0 aliphatic rings. The molecule has 0 radical (unpaired) electrons. The van der Waals surface area contributed by atoms with E-state index in [-0.39, 0.29) is 23.8 Å². The van der Waals surface area contributed by atoms with Crippen molar-refractivity contribution in [2.75, 3.05) is 19.6 Å². The van der Waals surface area contributed by atoms with Gasteiger partial charge in [0.05, 0.1) is 6.54 Å². The number of thiophene rings is 1. The molecule has 10 heteroatoms. The minimum atomic E-state index is -3.53. The Morgan fingerprint density at radius 1 is 1.22 bits per heavy atom. The standard InChI is InChI=1S/C13H21N3O5S2/c1-13(2,3)21-12(18)15-9-10(17)14-6-7-16-23(19,20)11-5-4-8-22-11/h4-5,8,16H,6-7,9H2,1-3H3,(H,14,17)(H,15,18). The molecule has 0 aromatic carbocycles. The lowest BCUT2D eigenvalue weighted by Crippen LogP contribution is -2.41. The fourth-order valence-electron chi connectivity index (χ4n) is 1.40. The first kappa shape index (κ1) is 19.4. The Bertz CT molecular complexity index is 621. The topological polar surface area (TPSA) is 114 Å². The van der Waals surface area contributed by atoms with Gasteiger partial charge in [0, 0.05) is 13.1 Å². The maximum Gasteiger partial charge on any atom is 0.408 e. The molecule has 0 aliphatic heterocycles. The minimum absolute atomic E-state index is 0.0540. The third kappa shape index (κ3) is 7.95. The molecule has 0 aliphatic carbocycles. The Labute approximate surface area is 139 Å². The van der Waals surface area contributed by atoms with Crippen LogP contribution in [-0.4, -0.2) is 45.7 Å². The quantitative estimate of drug-likeness (QED) is 0.616. The molecule has 3 N–H and O–H groups in total. The lowest BCUT2D eigenvalue weighted by Gasteiger charge is -2.19. The van der Waals surface area contributed by atoms with Crippen LogP contribution in [-0.2, 0) is 19.6 Å². The van der Waals surface area contributed by atoms with Crippen LogP contribution < -0.4 is 15.4 Å². The number of nitrogens with one attached hydrogen (secondary N) is 3. The van der Waals surface area contributed by atoms with Gasteiger partial charge in [0.15, 0.2) is 0 Å². The Morgan fingerprint density at radius 3 is 2.48 bits per heavy atom. The van der Waals surface area contributed by atoms with Gasteiger partial charge in [-0.1, -0.05) is 6.07 Å². The molecule has 2 amide bonds. The van der Waals surface area contributed by atoms with E-state index in [4.69, 9.17) is 4.74 Å². The minimum Gasteiger partial charge on any atom is -0.444 e. The first-order valence-corrected chi connectivity index (χ1v) is 9.23. The maximum absolute atomic E-state index is 11.8. The summed E-state index contributed by atoms with van der Waals surface area (Å²) in [7, 11) is -3.53. The van der Waals surface area contributed by atoms with Crippen LogP contribution in [0.1, 0.15) is 20.8 Å². The molecule has 0 saturated heterocycles. The van der Waals surface area contributed by atoms with E-state index < -0.39 is 27.6 Å². The Hall–Kier alpha value is -1.65. The summed E-state index contributed by atoms with van der Waals surface area (Å²) < 4.78 is 31.2. The van der Waals surface area contributed by atoms with Crippen molar-refractivity contribution in [1.82, 2.24) is 15.4 Å². The SMILES string of the molecule is CC(C)(C)OC(=O)NCC(=O)NCCNS(=O)(=O)c1cccs1. The predicted octanol–water partition coefficient (Wildman–Crippen LogP) is 0.667. The first-order valence-electron chi connectivity index (χ1n) is 6.87. The summed E-state index contributed by atoms with van der Waals surface area (Å²) in [6.07, 6.45) is -0.689. The summed E-state index contributed by atoms with van der Waals surface area (Å²) in [6, 6.07) is 3.14. The summed E-state index contributed by atoms with van der Waals surface area (Å²) in [5, 5.41) is 6.46. The summed E-state index contributed by atoms with van der Waals surface area (Å²) in [5.74, 6) is -0.439. The molecule has 23 heavy (non-hydrogen) atoms. The van der Waals surface area contributed by atoms with Gasteiger partial charge >= 0.3 is 6.09 Å². The number of carbonyl (C=O) groups is 2. The van der Waals surface area contributed by atoms with Crippen LogP contribution in [0.15, 0.2) is 21.7 Å². The van der Waals surface area contributed by atoms with Gasteiger partial charge in [0.2, 0.25) is 15.9 Å². The van der Waals surface area contributed by atoms with Crippen LogP contribution >= 0.6 is 11.3 Å². The summed E-state index contributed by atoms with van der Waals surface area (Å²) in [5.41, 5.74) is -0.638. The molecular formula is C13H21N3O5S2. The van der Waals surface area contributed by atoms with Crippen molar-refractivity contribution in [3.63, 3.8) is 0 Å². The first-order chi connectivity index (χ1) is 10.6. The Morgan fingerprint density at radius 2 is 1.91 bits per heavy atom. The number of hydrogen-bond acceptors (Lipinski definition) is 6. The molecule has 1 heterocycles. The molecule has 1 rings (SSSR count). The van der Waals surface area contributed by atoms with E-state index in [2.05, 4.69) is 15.4 Å². The molecule has 0 saturated carbocycles. The molecule has 0 unspecified atom stereocenters. The van der Waals surface area contributed by atoms with Crippen molar-refractivity contribution >= 4 is 33.4 Å². The van der Waals surface area contributed by atoms with Gasteiger partial charge in [0.1, 0.15) is 9.81 Å². The molecule has 130 valence electrons. The van der Waals surface area contributed by atoms with Crippen molar-refractivity contribution < 1.29 is 22.7 Å². The van der Waals surface area contributed by atoms with E-state index in [1.807, 2.05) is 0 Å². The number of amides is 2. The van der Waals surface area contributed by atoms with Crippen molar-refractivity contribution in [2.24, 2.45) is 0 Å². The lowest BCUT2D eigenvalue weighted by molar-refractivity contribution is -0.120. The zero-order valence-electron chi connectivity index (χ0n) is 13.2. The lowest BCUT2D eigenvalue weighted by atomic mass is 10.2. The fourth-order valence-corrected chi connectivity index (χ4v) is 3.47. The summed E-state index contributed by atoms with van der Waals surface area (Å²) in [4.78, 5) is 22.9. The third-order valence-corrected chi connectivity index (χ3v) is 5.15. The molecule has 0 fully saturated rings. The number of alkyl carbamates (subject to hydrolysis) is 1. The predicted molar refractivity (Wildman–Crippen MR) is 86.8 cm³/mol. The van der Waals surface area contributed by atoms with Gasteiger partial charge in [-0.3, -0.25) is 4.79 Å². The van der Waals surface area contributed by atoms with Crippen LogP contribution in [0.2, 0.25) is 0 Å². The number of ether oxygens (including phenoxy) is 1.